The van der Waals surface area contributed by atoms with Crippen molar-refractivity contribution in [3.05, 3.63) is 28.8 Å². The first-order valence-corrected chi connectivity index (χ1v) is 9.79. The second-order valence-electron chi connectivity index (χ2n) is 7.30. The number of rotatable bonds is 11. The largest absolute Gasteiger partial charge is 0.493 e. The fraction of sp³-hybridized carbons (Fsp3) is 0.571. The number of carbonyl (C=O) groups excluding carboxylic acids is 1. The van der Waals surface area contributed by atoms with Crippen LogP contribution in [0.1, 0.15) is 26.7 Å². The number of amides is 1. The molecule has 0 bridgehead atoms. The molecular weight excluding hydrogens is 374 g/mol. The van der Waals surface area contributed by atoms with Crippen molar-refractivity contribution in [1.29, 1.82) is 0 Å². The molecule has 1 heterocycles. The normalized spacial score (nSPS) is 11.1. The van der Waals surface area contributed by atoms with Gasteiger partial charge in [0.15, 0.2) is 11.5 Å². The minimum Gasteiger partial charge on any atom is -0.493 e. The van der Waals surface area contributed by atoms with Gasteiger partial charge in [0.1, 0.15) is 0 Å². The van der Waals surface area contributed by atoms with E-state index in [-0.39, 0.29) is 11.5 Å². The van der Waals surface area contributed by atoms with Gasteiger partial charge in [0.2, 0.25) is 5.91 Å². The van der Waals surface area contributed by atoms with Crippen molar-refractivity contribution in [2.24, 2.45) is 5.92 Å². The molecule has 0 saturated heterocycles. The van der Waals surface area contributed by atoms with Crippen LogP contribution in [0.5, 0.6) is 11.5 Å². The zero-order chi connectivity index (χ0) is 21.4. The monoisotopic (exact) mass is 405 g/mol. The molecule has 160 valence electrons. The van der Waals surface area contributed by atoms with E-state index in [1.165, 1.54) is 25.1 Å². The molecule has 29 heavy (non-hydrogen) atoms. The Hall–Kier alpha value is -2.61. The van der Waals surface area contributed by atoms with Crippen LogP contribution in [0.2, 0.25) is 0 Å². The van der Waals surface area contributed by atoms with Crippen LogP contribution in [0.4, 0.5) is 0 Å². The predicted molar refractivity (Wildman–Crippen MR) is 112 cm³/mol. The van der Waals surface area contributed by atoms with Crippen molar-refractivity contribution in [2.45, 2.75) is 33.2 Å². The quantitative estimate of drug-likeness (QED) is 0.571. The van der Waals surface area contributed by atoms with E-state index in [4.69, 9.17) is 14.2 Å². The van der Waals surface area contributed by atoms with Gasteiger partial charge in [-0.05, 0) is 18.4 Å². The van der Waals surface area contributed by atoms with Crippen LogP contribution >= 0.6 is 0 Å². The van der Waals surface area contributed by atoms with E-state index in [2.05, 4.69) is 18.8 Å². The number of hydrogen-bond donors (Lipinski definition) is 0. The Kier molecular flexibility index (Phi) is 8.45. The number of fused-ring (bicyclic) bond motifs is 1. The Morgan fingerprint density at radius 2 is 1.86 bits per heavy atom. The molecule has 0 aliphatic rings. The van der Waals surface area contributed by atoms with Crippen molar-refractivity contribution in [3.63, 3.8) is 0 Å². The average molecular weight is 405 g/mol. The molecule has 0 N–H and O–H groups in total. The minimum atomic E-state index is -0.165. The van der Waals surface area contributed by atoms with Crippen LogP contribution < -0.4 is 15.0 Å². The Labute approximate surface area is 171 Å². The van der Waals surface area contributed by atoms with E-state index >= 15 is 0 Å². The Morgan fingerprint density at radius 1 is 1.17 bits per heavy atom. The van der Waals surface area contributed by atoms with Crippen LogP contribution in [0.15, 0.2) is 23.3 Å². The lowest BCUT2D eigenvalue weighted by Crippen LogP contribution is -2.36. The third-order valence-electron chi connectivity index (χ3n) is 4.62. The summed E-state index contributed by atoms with van der Waals surface area (Å²) < 4.78 is 17.2. The summed E-state index contributed by atoms with van der Waals surface area (Å²) in [5.74, 6) is 1.46. The molecule has 0 aliphatic carbocycles. The second-order valence-corrected chi connectivity index (χ2v) is 7.30. The second kappa shape index (κ2) is 10.8. The van der Waals surface area contributed by atoms with E-state index in [9.17, 15) is 9.59 Å². The summed E-state index contributed by atoms with van der Waals surface area (Å²) in [6, 6.07) is 3.32. The van der Waals surface area contributed by atoms with Gasteiger partial charge >= 0.3 is 0 Å². The maximum atomic E-state index is 12.8. The van der Waals surface area contributed by atoms with Gasteiger partial charge in [0.05, 0.1) is 38.1 Å². The summed E-state index contributed by atoms with van der Waals surface area (Å²) in [5.41, 5.74) is 0.379. The van der Waals surface area contributed by atoms with Gasteiger partial charge in [-0.3, -0.25) is 14.2 Å². The molecule has 0 saturated carbocycles. The standard InChI is InChI=1S/C21H31N3O5/c1-15(2)13-23(9-10-27-3)20(25)7-6-8-24-14-22-17-12-19(29-5)18(28-4)11-16(17)21(24)26/h11-12,14-15H,6-10,13H2,1-5H3. The summed E-state index contributed by atoms with van der Waals surface area (Å²) in [5, 5.41) is 0.456. The summed E-state index contributed by atoms with van der Waals surface area (Å²) in [7, 11) is 4.69. The number of nitrogens with zero attached hydrogens (tertiary/aromatic N) is 3. The number of carbonyl (C=O) groups is 1. The Morgan fingerprint density at radius 3 is 2.48 bits per heavy atom. The molecule has 8 heteroatoms. The molecule has 2 rings (SSSR count). The third-order valence-corrected chi connectivity index (χ3v) is 4.62. The van der Waals surface area contributed by atoms with Crippen LogP contribution in [-0.4, -0.2) is 61.4 Å². The molecule has 2 aromatic rings. The molecule has 1 aromatic heterocycles. The number of hydrogen-bond acceptors (Lipinski definition) is 6. The summed E-state index contributed by atoms with van der Waals surface area (Å²) in [6.45, 7) is 6.36. The molecule has 0 atom stereocenters. The first kappa shape index (κ1) is 22.7. The summed E-state index contributed by atoms with van der Waals surface area (Å²) in [6.07, 6.45) is 2.44. The van der Waals surface area contributed by atoms with E-state index in [0.717, 1.165) is 0 Å². The average Bonchev–Trinajstić information content (AvgIpc) is 2.71. The summed E-state index contributed by atoms with van der Waals surface area (Å²) >= 11 is 0. The van der Waals surface area contributed by atoms with Crippen LogP contribution in [0, 0.1) is 5.92 Å². The van der Waals surface area contributed by atoms with Gasteiger partial charge in [-0.1, -0.05) is 13.8 Å². The maximum Gasteiger partial charge on any atom is 0.261 e. The van der Waals surface area contributed by atoms with Crippen molar-refractivity contribution >= 4 is 16.8 Å². The van der Waals surface area contributed by atoms with Crippen LogP contribution in [0.3, 0.4) is 0 Å². The van der Waals surface area contributed by atoms with Gasteiger partial charge in [-0.2, -0.15) is 0 Å². The number of benzene rings is 1. The van der Waals surface area contributed by atoms with Gasteiger partial charge in [-0.15, -0.1) is 0 Å². The lowest BCUT2D eigenvalue weighted by molar-refractivity contribution is -0.132. The van der Waals surface area contributed by atoms with E-state index in [0.29, 0.717) is 67.4 Å². The lowest BCUT2D eigenvalue weighted by atomic mass is 10.2. The number of aryl methyl sites for hydroxylation is 1. The third kappa shape index (κ3) is 5.93. The Balaban J connectivity index is 2.09. The molecule has 8 nitrogen and oxygen atoms in total. The van der Waals surface area contributed by atoms with Crippen molar-refractivity contribution in [3.8, 4) is 11.5 Å². The molecular formula is C21H31N3O5. The van der Waals surface area contributed by atoms with E-state index < -0.39 is 0 Å². The van der Waals surface area contributed by atoms with E-state index in [1.54, 1.807) is 19.2 Å². The van der Waals surface area contributed by atoms with Gasteiger partial charge in [0.25, 0.3) is 5.56 Å². The molecule has 0 fully saturated rings. The number of methoxy groups -OCH3 is 3. The van der Waals surface area contributed by atoms with E-state index in [1.807, 2.05) is 4.90 Å². The van der Waals surface area contributed by atoms with Crippen LogP contribution in [0.25, 0.3) is 10.9 Å². The molecule has 0 unspecified atom stereocenters. The summed E-state index contributed by atoms with van der Waals surface area (Å²) in [4.78, 5) is 31.6. The number of ether oxygens (including phenoxy) is 3. The highest BCUT2D eigenvalue weighted by molar-refractivity contribution is 5.81. The zero-order valence-corrected chi connectivity index (χ0v) is 17.9. The lowest BCUT2D eigenvalue weighted by Gasteiger charge is -2.24. The predicted octanol–water partition coefficient (Wildman–Crippen LogP) is 2.32. The first-order valence-electron chi connectivity index (χ1n) is 9.79. The highest BCUT2D eigenvalue weighted by Gasteiger charge is 2.15. The van der Waals surface area contributed by atoms with Crippen molar-refractivity contribution in [2.75, 3.05) is 41.0 Å². The highest BCUT2D eigenvalue weighted by Crippen LogP contribution is 2.29. The zero-order valence-electron chi connectivity index (χ0n) is 17.9. The van der Waals surface area contributed by atoms with Gasteiger partial charge in [0, 0.05) is 39.2 Å². The molecule has 0 radical (unpaired) electrons. The Bertz CT molecular complexity index is 878. The maximum absolute atomic E-state index is 12.8. The van der Waals surface area contributed by atoms with Gasteiger partial charge < -0.3 is 19.1 Å². The molecule has 1 amide bonds. The fourth-order valence-corrected chi connectivity index (χ4v) is 3.16. The topological polar surface area (TPSA) is 82.9 Å². The first-order chi connectivity index (χ1) is 13.9. The fourth-order valence-electron chi connectivity index (χ4n) is 3.16. The number of aromatic nitrogens is 2. The highest BCUT2D eigenvalue weighted by atomic mass is 16.5. The smallest absolute Gasteiger partial charge is 0.261 e. The molecule has 0 aliphatic heterocycles. The molecule has 0 spiro atoms. The van der Waals surface area contributed by atoms with Gasteiger partial charge in [-0.25, -0.2) is 4.98 Å². The molecule has 1 aromatic carbocycles. The van der Waals surface area contributed by atoms with Crippen molar-refractivity contribution < 1.29 is 19.0 Å². The van der Waals surface area contributed by atoms with Crippen LogP contribution in [-0.2, 0) is 16.1 Å². The SMILES string of the molecule is COCCN(CC(C)C)C(=O)CCCn1cnc2cc(OC)c(OC)cc2c1=O. The minimum absolute atomic E-state index is 0.0731. The van der Waals surface area contributed by atoms with Crippen molar-refractivity contribution in [1.82, 2.24) is 14.5 Å².